The van der Waals surface area contributed by atoms with E-state index in [0.717, 1.165) is 26.8 Å². The molecule has 0 radical (unpaired) electrons. The lowest BCUT2D eigenvalue weighted by molar-refractivity contribution is 0.102. The lowest BCUT2D eigenvalue weighted by Crippen LogP contribution is -2.14. The van der Waals surface area contributed by atoms with Gasteiger partial charge < -0.3 is 5.32 Å². The third-order valence-electron chi connectivity index (χ3n) is 4.48. The fourth-order valence-corrected chi connectivity index (χ4v) is 3.49. The average molecular weight is 439 g/mol. The highest BCUT2D eigenvalue weighted by atomic mass is 79.9. The van der Waals surface area contributed by atoms with Gasteiger partial charge in [0.1, 0.15) is 0 Å². The van der Waals surface area contributed by atoms with Crippen LogP contribution in [-0.4, -0.2) is 30.5 Å². The zero-order valence-corrected chi connectivity index (χ0v) is 17.4. The third-order valence-corrected chi connectivity index (χ3v) is 5.01. The second-order valence-corrected chi connectivity index (χ2v) is 7.61. The van der Waals surface area contributed by atoms with Crippen LogP contribution >= 0.6 is 15.9 Å². The summed E-state index contributed by atoms with van der Waals surface area (Å²) in [5.41, 5.74) is 3.91. The van der Waals surface area contributed by atoms with Gasteiger partial charge in [-0.1, -0.05) is 28.1 Å². The number of halogens is 1. The molecule has 0 atom stereocenters. The summed E-state index contributed by atoms with van der Waals surface area (Å²) in [7, 11) is 1.83. The van der Waals surface area contributed by atoms with Crippen LogP contribution in [0.5, 0.6) is 0 Å². The van der Waals surface area contributed by atoms with Crippen molar-refractivity contribution in [2.75, 3.05) is 5.32 Å². The molecule has 0 fully saturated rings. The molecular formula is C20H19BrN6O. The van der Waals surface area contributed by atoms with Gasteiger partial charge in [0.05, 0.1) is 23.2 Å². The maximum Gasteiger partial charge on any atom is 0.257 e. The number of aryl methyl sites for hydroxylation is 3. The Hall–Kier alpha value is -3.00. The van der Waals surface area contributed by atoms with Crippen molar-refractivity contribution in [1.29, 1.82) is 0 Å². The van der Waals surface area contributed by atoms with E-state index in [2.05, 4.69) is 36.4 Å². The lowest BCUT2D eigenvalue weighted by atomic mass is 10.1. The van der Waals surface area contributed by atoms with Crippen molar-refractivity contribution in [2.24, 2.45) is 7.05 Å². The summed E-state index contributed by atoms with van der Waals surface area (Å²) < 4.78 is 4.53. The molecule has 3 aromatic heterocycles. The second-order valence-electron chi connectivity index (χ2n) is 6.70. The first-order chi connectivity index (χ1) is 13.4. The van der Waals surface area contributed by atoms with Crippen LogP contribution in [0.1, 0.15) is 27.3 Å². The molecule has 4 rings (SSSR count). The summed E-state index contributed by atoms with van der Waals surface area (Å²) in [6, 6.07) is 11.6. The Kier molecular flexibility index (Phi) is 4.72. The van der Waals surface area contributed by atoms with Gasteiger partial charge in [-0.05, 0) is 37.6 Å². The molecule has 28 heavy (non-hydrogen) atoms. The van der Waals surface area contributed by atoms with Gasteiger partial charge in [0.25, 0.3) is 5.91 Å². The quantitative estimate of drug-likeness (QED) is 0.524. The predicted octanol–water partition coefficient (Wildman–Crippen LogP) is 3.84. The Labute approximate surface area is 170 Å². The van der Waals surface area contributed by atoms with Crippen molar-refractivity contribution in [3.8, 4) is 0 Å². The minimum absolute atomic E-state index is 0.222. The highest BCUT2D eigenvalue weighted by molar-refractivity contribution is 9.10. The van der Waals surface area contributed by atoms with Crippen LogP contribution in [0.25, 0.3) is 11.0 Å². The van der Waals surface area contributed by atoms with Crippen molar-refractivity contribution in [2.45, 2.75) is 20.4 Å². The number of nitrogens with zero attached hydrogens (tertiary/aromatic N) is 5. The summed E-state index contributed by atoms with van der Waals surface area (Å²) >= 11 is 3.43. The summed E-state index contributed by atoms with van der Waals surface area (Å²) in [6.45, 7) is 4.37. The van der Waals surface area contributed by atoms with Gasteiger partial charge in [0, 0.05) is 29.5 Å². The van der Waals surface area contributed by atoms with Crippen LogP contribution in [0.2, 0.25) is 0 Å². The number of fused-ring (bicyclic) bond motifs is 1. The van der Waals surface area contributed by atoms with E-state index >= 15 is 0 Å². The molecule has 0 saturated heterocycles. The number of aromatic nitrogens is 5. The monoisotopic (exact) mass is 438 g/mol. The SMILES string of the molecule is Cc1cc(C(=O)Nc2ccn(Cc3ccc(Br)cc3)n2)c2c(C)nn(C)c2n1. The first-order valence-corrected chi connectivity index (χ1v) is 9.60. The highest BCUT2D eigenvalue weighted by Crippen LogP contribution is 2.22. The first-order valence-electron chi connectivity index (χ1n) is 8.81. The topological polar surface area (TPSA) is 77.6 Å². The van der Waals surface area contributed by atoms with Crippen molar-refractivity contribution >= 4 is 38.7 Å². The van der Waals surface area contributed by atoms with E-state index in [1.807, 2.05) is 51.4 Å². The molecule has 0 spiro atoms. The first kappa shape index (κ1) is 18.4. The molecule has 0 aliphatic rings. The molecule has 1 N–H and O–H groups in total. The number of nitrogens with one attached hydrogen (secondary N) is 1. The number of amides is 1. The van der Waals surface area contributed by atoms with E-state index in [9.17, 15) is 4.79 Å². The maximum atomic E-state index is 12.9. The number of hydrogen-bond acceptors (Lipinski definition) is 4. The van der Waals surface area contributed by atoms with Crippen LogP contribution in [0.15, 0.2) is 47.1 Å². The van der Waals surface area contributed by atoms with Crippen molar-refractivity contribution in [3.05, 3.63) is 69.6 Å². The highest BCUT2D eigenvalue weighted by Gasteiger charge is 2.18. The van der Waals surface area contributed by atoms with Gasteiger partial charge in [-0.2, -0.15) is 10.2 Å². The Morgan fingerprint density at radius 3 is 2.64 bits per heavy atom. The summed E-state index contributed by atoms with van der Waals surface area (Å²) in [5.74, 6) is 0.284. The molecular weight excluding hydrogens is 420 g/mol. The number of anilines is 1. The largest absolute Gasteiger partial charge is 0.305 e. The normalized spacial score (nSPS) is 11.1. The molecule has 142 valence electrons. The Bertz CT molecular complexity index is 1180. The molecule has 0 saturated carbocycles. The van der Waals surface area contributed by atoms with Crippen LogP contribution in [0.4, 0.5) is 5.82 Å². The second kappa shape index (κ2) is 7.20. The molecule has 0 aliphatic carbocycles. The zero-order chi connectivity index (χ0) is 19.8. The number of hydrogen-bond donors (Lipinski definition) is 1. The number of benzene rings is 1. The maximum absolute atomic E-state index is 12.9. The van der Waals surface area contributed by atoms with Crippen molar-refractivity contribution in [1.82, 2.24) is 24.5 Å². The van der Waals surface area contributed by atoms with Crippen LogP contribution in [0, 0.1) is 13.8 Å². The van der Waals surface area contributed by atoms with E-state index < -0.39 is 0 Å². The van der Waals surface area contributed by atoms with Crippen LogP contribution in [-0.2, 0) is 13.6 Å². The van der Waals surface area contributed by atoms with Gasteiger partial charge in [0.2, 0.25) is 0 Å². The minimum atomic E-state index is -0.222. The average Bonchev–Trinajstić information content (AvgIpc) is 3.20. The van der Waals surface area contributed by atoms with Gasteiger partial charge in [-0.3, -0.25) is 14.2 Å². The van der Waals surface area contributed by atoms with Crippen LogP contribution < -0.4 is 5.32 Å². The fourth-order valence-electron chi connectivity index (χ4n) is 3.23. The van der Waals surface area contributed by atoms with E-state index in [-0.39, 0.29) is 5.91 Å². The molecule has 4 aromatic rings. The molecule has 7 nitrogen and oxygen atoms in total. The summed E-state index contributed by atoms with van der Waals surface area (Å²) in [4.78, 5) is 17.4. The molecule has 0 aliphatic heterocycles. The smallest absolute Gasteiger partial charge is 0.257 e. The van der Waals surface area contributed by atoms with E-state index in [1.54, 1.807) is 21.5 Å². The Morgan fingerprint density at radius 2 is 1.89 bits per heavy atom. The number of carbonyl (C=O) groups excluding carboxylic acids is 1. The van der Waals surface area contributed by atoms with Crippen LogP contribution in [0.3, 0.4) is 0 Å². The third kappa shape index (κ3) is 3.55. The number of rotatable bonds is 4. The standard InChI is InChI=1S/C20H19BrN6O/c1-12-10-16(18-13(2)24-26(3)19(18)22-12)20(28)23-17-8-9-27(25-17)11-14-4-6-15(21)7-5-14/h4-10H,11H2,1-3H3,(H,23,25,28). The minimum Gasteiger partial charge on any atom is -0.305 e. The number of carbonyl (C=O) groups is 1. The molecule has 1 aromatic carbocycles. The molecule has 0 bridgehead atoms. The predicted molar refractivity (Wildman–Crippen MR) is 111 cm³/mol. The molecule has 1 amide bonds. The fraction of sp³-hybridized carbons (Fsp3) is 0.200. The van der Waals surface area contributed by atoms with Crippen molar-refractivity contribution in [3.63, 3.8) is 0 Å². The van der Waals surface area contributed by atoms with Gasteiger partial charge >= 0.3 is 0 Å². The Balaban J connectivity index is 1.57. The summed E-state index contributed by atoms with van der Waals surface area (Å²) in [6.07, 6.45) is 1.85. The molecule has 0 unspecified atom stereocenters. The van der Waals surface area contributed by atoms with Gasteiger partial charge in [0.15, 0.2) is 11.5 Å². The Morgan fingerprint density at radius 1 is 1.14 bits per heavy atom. The lowest BCUT2D eigenvalue weighted by Gasteiger charge is -2.06. The zero-order valence-electron chi connectivity index (χ0n) is 15.8. The van der Waals surface area contributed by atoms with Crippen molar-refractivity contribution < 1.29 is 4.79 Å². The van der Waals surface area contributed by atoms with Gasteiger partial charge in [-0.25, -0.2) is 4.98 Å². The van der Waals surface area contributed by atoms with E-state index in [4.69, 9.17) is 0 Å². The molecule has 3 heterocycles. The number of pyridine rings is 1. The van der Waals surface area contributed by atoms with E-state index in [1.165, 1.54) is 0 Å². The van der Waals surface area contributed by atoms with E-state index in [0.29, 0.717) is 23.6 Å². The van der Waals surface area contributed by atoms with Gasteiger partial charge in [-0.15, -0.1) is 0 Å². The summed E-state index contributed by atoms with van der Waals surface area (Å²) in [5, 5.41) is 12.5. The molecule has 8 heteroatoms.